The fourth-order valence-electron chi connectivity index (χ4n) is 1.71. The first-order chi connectivity index (χ1) is 7.46. The Morgan fingerprint density at radius 2 is 2.00 bits per heavy atom. The molecule has 1 atom stereocenters. The molecule has 0 bridgehead atoms. The lowest BCUT2D eigenvalue weighted by Crippen LogP contribution is -2.38. The summed E-state index contributed by atoms with van der Waals surface area (Å²) in [6.45, 7) is 1.73. The van der Waals surface area contributed by atoms with Crippen LogP contribution in [-0.4, -0.2) is 17.1 Å². The maximum atomic E-state index is 12.4. The summed E-state index contributed by atoms with van der Waals surface area (Å²) >= 11 is 3.36. The third-order valence-electron chi connectivity index (χ3n) is 2.69. The molecule has 0 aliphatic heterocycles. The minimum atomic E-state index is -3.39. The van der Waals surface area contributed by atoms with Gasteiger partial charge in [0, 0.05) is 18.8 Å². The van der Waals surface area contributed by atoms with E-state index in [0.717, 1.165) is 4.48 Å². The standard InChI is InChI=1S/C11H12BrNO2S/c1-11(6-4-5-10(12)9-11)16(14,15)13-7-2-3-8-13/h2-8H,9H2,1H3. The molecule has 5 heteroatoms. The molecule has 0 saturated carbocycles. The van der Waals surface area contributed by atoms with E-state index in [4.69, 9.17) is 0 Å². The Morgan fingerprint density at radius 3 is 2.56 bits per heavy atom. The van der Waals surface area contributed by atoms with E-state index in [0.29, 0.717) is 6.42 Å². The quantitative estimate of drug-likeness (QED) is 0.842. The molecule has 1 aliphatic rings. The van der Waals surface area contributed by atoms with Crippen molar-refractivity contribution >= 4 is 26.0 Å². The second kappa shape index (κ2) is 3.89. The van der Waals surface area contributed by atoms with Crippen LogP contribution in [0.3, 0.4) is 0 Å². The van der Waals surface area contributed by atoms with Crippen molar-refractivity contribution in [2.75, 3.05) is 0 Å². The molecular formula is C11H12BrNO2S. The van der Waals surface area contributed by atoms with E-state index in [9.17, 15) is 8.42 Å². The van der Waals surface area contributed by atoms with E-state index < -0.39 is 14.8 Å². The largest absolute Gasteiger partial charge is 0.252 e. The molecule has 86 valence electrons. The van der Waals surface area contributed by atoms with Crippen molar-refractivity contribution < 1.29 is 8.42 Å². The second-order valence-corrected chi connectivity index (χ2v) is 7.30. The Bertz CT molecular complexity index is 543. The smallest absolute Gasteiger partial charge is 0.247 e. The summed E-state index contributed by atoms with van der Waals surface area (Å²) in [5.74, 6) is 0. The van der Waals surface area contributed by atoms with Crippen molar-refractivity contribution in [3.8, 4) is 0 Å². The van der Waals surface area contributed by atoms with Gasteiger partial charge >= 0.3 is 0 Å². The van der Waals surface area contributed by atoms with Gasteiger partial charge in [0.05, 0.1) is 0 Å². The fourth-order valence-corrected chi connectivity index (χ4v) is 4.16. The van der Waals surface area contributed by atoms with Gasteiger partial charge in [-0.05, 0) is 23.5 Å². The number of rotatable bonds is 2. The summed E-state index contributed by atoms with van der Waals surface area (Å²) in [6, 6.07) is 3.41. The molecule has 0 N–H and O–H groups in total. The van der Waals surface area contributed by atoms with Crippen molar-refractivity contribution in [2.24, 2.45) is 0 Å². The van der Waals surface area contributed by atoms with Crippen molar-refractivity contribution in [3.05, 3.63) is 47.2 Å². The molecule has 1 unspecified atom stereocenters. The normalized spacial score (nSPS) is 25.5. The minimum absolute atomic E-state index is 0.462. The molecule has 0 fully saturated rings. The third-order valence-corrected chi connectivity index (χ3v) is 5.49. The van der Waals surface area contributed by atoms with Gasteiger partial charge in [0.2, 0.25) is 10.0 Å². The monoisotopic (exact) mass is 301 g/mol. The lowest BCUT2D eigenvalue weighted by atomic mass is 10.0. The van der Waals surface area contributed by atoms with Gasteiger partial charge in [0.15, 0.2) is 0 Å². The summed E-state index contributed by atoms with van der Waals surface area (Å²) in [5, 5.41) is 0. The molecule has 0 aromatic carbocycles. The molecular weight excluding hydrogens is 290 g/mol. The van der Waals surface area contributed by atoms with Crippen LogP contribution >= 0.6 is 15.9 Å². The lowest BCUT2D eigenvalue weighted by molar-refractivity contribution is 0.552. The topological polar surface area (TPSA) is 39.1 Å². The number of hydrogen-bond donors (Lipinski definition) is 0. The van der Waals surface area contributed by atoms with Crippen molar-refractivity contribution in [1.29, 1.82) is 0 Å². The summed E-state index contributed by atoms with van der Waals surface area (Å²) in [7, 11) is -3.39. The maximum absolute atomic E-state index is 12.4. The van der Waals surface area contributed by atoms with E-state index in [1.807, 2.05) is 6.08 Å². The fraction of sp³-hybridized carbons (Fsp3) is 0.273. The number of allylic oxidation sites excluding steroid dienone is 3. The van der Waals surface area contributed by atoms with E-state index in [1.165, 1.54) is 3.97 Å². The van der Waals surface area contributed by atoms with Gasteiger partial charge in [0.1, 0.15) is 4.75 Å². The number of halogens is 1. The average molecular weight is 302 g/mol. The first-order valence-corrected chi connectivity index (χ1v) is 7.11. The summed E-state index contributed by atoms with van der Waals surface area (Å²) in [5.41, 5.74) is 0. The van der Waals surface area contributed by atoms with Gasteiger partial charge in [-0.3, -0.25) is 3.97 Å². The molecule has 1 heterocycles. The molecule has 0 saturated heterocycles. The first-order valence-electron chi connectivity index (χ1n) is 4.88. The van der Waals surface area contributed by atoms with Gasteiger partial charge in [0.25, 0.3) is 0 Å². The van der Waals surface area contributed by atoms with Crippen molar-refractivity contribution in [2.45, 2.75) is 18.1 Å². The number of aromatic nitrogens is 1. The van der Waals surface area contributed by atoms with Crippen molar-refractivity contribution in [1.82, 2.24) is 3.97 Å². The zero-order chi connectivity index (χ0) is 11.8. The number of nitrogens with zero attached hydrogens (tertiary/aromatic N) is 1. The Kier molecular flexibility index (Phi) is 2.84. The highest BCUT2D eigenvalue weighted by Crippen LogP contribution is 2.34. The van der Waals surface area contributed by atoms with Gasteiger partial charge in [-0.1, -0.05) is 34.2 Å². The van der Waals surface area contributed by atoms with Gasteiger partial charge in [-0.15, -0.1) is 0 Å². The van der Waals surface area contributed by atoms with Gasteiger partial charge in [-0.2, -0.15) is 0 Å². The van der Waals surface area contributed by atoms with Gasteiger partial charge < -0.3 is 0 Å². The molecule has 1 aliphatic carbocycles. The summed E-state index contributed by atoms with van der Waals surface area (Å²) in [4.78, 5) is 0. The molecule has 16 heavy (non-hydrogen) atoms. The van der Waals surface area contributed by atoms with Crippen LogP contribution in [0.2, 0.25) is 0 Å². The predicted molar refractivity (Wildman–Crippen MR) is 67.9 cm³/mol. The van der Waals surface area contributed by atoms with Crippen LogP contribution < -0.4 is 0 Å². The van der Waals surface area contributed by atoms with Crippen LogP contribution in [0, 0.1) is 0 Å². The van der Waals surface area contributed by atoms with Crippen LogP contribution in [-0.2, 0) is 10.0 Å². The SMILES string of the molecule is CC1(S(=O)(=O)n2cccc2)C=CC=C(Br)C1. The average Bonchev–Trinajstić information content (AvgIpc) is 2.69. The molecule has 2 rings (SSSR count). The minimum Gasteiger partial charge on any atom is -0.252 e. The van der Waals surface area contributed by atoms with Crippen LogP contribution in [0.4, 0.5) is 0 Å². The highest BCUT2D eigenvalue weighted by molar-refractivity contribution is 9.11. The van der Waals surface area contributed by atoms with Crippen LogP contribution in [0.5, 0.6) is 0 Å². The number of hydrogen-bond acceptors (Lipinski definition) is 2. The zero-order valence-electron chi connectivity index (χ0n) is 8.80. The van der Waals surface area contributed by atoms with Crippen LogP contribution in [0.15, 0.2) is 47.2 Å². The van der Waals surface area contributed by atoms with E-state index in [-0.39, 0.29) is 0 Å². The van der Waals surface area contributed by atoms with Crippen molar-refractivity contribution in [3.63, 3.8) is 0 Å². The highest BCUT2D eigenvalue weighted by atomic mass is 79.9. The maximum Gasteiger partial charge on any atom is 0.247 e. The Balaban J connectivity index is 2.47. The Labute approximate surface area is 104 Å². The predicted octanol–water partition coefficient (Wildman–Crippen LogP) is 2.66. The third kappa shape index (κ3) is 1.78. The first kappa shape index (κ1) is 11.7. The van der Waals surface area contributed by atoms with Crippen LogP contribution in [0.25, 0.3) is 0 Å². The second-order valence-electron chi connectivity index (χ2n) is 3.98. The van der Waals surface area contributed by atoms with Gasteiger partial charge in [-0.25, -0.2) is 8.42 Å². The van der Waals surface area contributed by atoms with E-state index >= 15 is 0 Å². The molecule has 0 spiro atoms. The zero-order valence-corrected chi connectivity index (χ0v) is 11.2. The molecule has 0 radical (unpaired) electrons. The molecule has 0 amide bonds. The molecule has 1 aromatic heterocycles. The molecule has 3 nitrogen and oxygen atoms in total. The van der Waals surface area contributed by atoms with Crippen LogP contribution in [0.1, 0.15) is 13.3 Å². The van der Waals surface area contributed by atoms with E-state index in [1.54, 1.807) is 43.6 Å². The highest BCUT2D eigenvalue weighted by Gasteiger charge is 2.39. The Morgan fingerprint density at radius 1 is 1.38 bits per heavy atom. The summed E-state index contributed by atoms with van der Waals surface area (Å²) < 4.78 is 26.0. The molecule has 1 aromatic rings. The Hall–Kier alpha value is -0.810. The summed E-state index contributed by atoms with van der Waals surface area (Å²) in [6.07, 6.45) is 8.94. The lowest BCUT2D eigenvalue weighted by Gasteiger charge is -2.28. The van der Waals surface area contributed by atoms with E-state index in [2.05, 4.69) is 15.9 Å².